The van der Waals surface area contributed by atoms with E-state index in [4.69, 9.17) is 10.2 Å². The van der Waals surface area contributed by atoms with E-state index in [1.54, 1.807) is 18.2 Å². The third-order valence-electron chi connectivity index (χ3n) is 3.09. The zero-order chi connectivity index (χ0) is 14.8. The highest BCUT2D eigenvalue weighted by Crippen LogP contribution is 2.28. The lowest BCUT2D eigenvalue weighted by Gasteiger charge is -2.08. The normalized spacial score (nSPS) is 12.7. The molecule has 0 spiro atoms. The Morgan fingerprint density at radius 2 is 1.86 bits per heavy atom. The molecule has 0 saturated heterocycles. The van der Waals surface area contributed by atoms with Crippen molar-refractivity contribution in [1.82, 2.24) is 0 Å². The molecule has 21 heavy (non-hydrogen) atoms. The molecule has 0 saturated carbocycles. The van der Waals surface area contributed by atoms with Gasteiger partial charge in [-0.25, -0.2) is 8.78 Å². The number of fused-ring (bicyclic) bond motifs is 1. The number of nitrogens with two attached hydrogens (primary N) is 1. The van der Waals surface area contributed by atoms with E-state index in [-0.39, 0.29) is 17.7 Å². The first kappa shape index (κ1) is 14.1. The Bertz CT molecular complexity index is 772. The van der Waals surface area contributed by atoms with E-state index in [1.807, 2.05) is 6.07 Å². The molecular formula is C16H13F2NOS. The molecule has 0 aliphatic heterocycles. The van der Waals surface area contributed by atoms with Crippen LogP contribution in [0.2, 0.25) is 0 Å². The third kappa shape index (κ3) is 3.25. The predicted molar refractivity (Wildman–Crippen MR) is 80.2 cm³/mol. The molecule has 1 heterocycles. The van der Waals surface area contributed by atoms with Gasteiger partial charge in [0.1, 0.15) is 23.0 Å². The van der Waals surface area contributed by atoms with Crippen molar-refractivity contribution in [2.24, 2.45) is 5.73 Å². The Hall–Kier alpha value is -1.85. The Labute approximate surface area is 124 Å². The molecule has 2 N–H and O–H groups in total. The molecule has 1 aromatic heterocycles. The number of hydrogen-bond acceptors (Lipinski definition) is 3. The maximum atomic E-state index is 13.1. The second-order valence-electron chi connectivity index (χ2n) is 4.71. The third-order valence-corrected chi connectivity index (χ3v) is 4.20. The van der Waals surface area contributed by atoms with Gasteiger partial charge in [-0.3, -0.25) is 0 Å². The first-order valence-electron chi connectivity index (χ1n) is 6.45. The van der Waals surface area contributed by atoms with Crippen LogP contribution in [0.25, 0.3) is 11.0 Å². The van der Waals surface area contributed by atoms with Crippen LogP contribution >= 0.6 is 11.8 Å². The van der Waals surface area contributed by atoms with Gasteiger partial charge in [0.05, 0.1) is 6.04 Å². The quantitative estimate of drug-likeness (QED) is 0.721. The van der Waals surface area contributed by atoms with Gasteiger partial charge in [-0.2, -0.15) is 0 Å². The molecule has 0 amide bonds. The average Bonchev–Trinajstić information content (AvgIpc) is 2.88. The van der Waals surface area contributed by atoms with Gasteiger partial charge in [-0.05, 0) is 42.5 Å². The van der Waals surface area contributed by atoms with Gasteiger partial charge in [-0.1, -0.05) is 6.07 Å². The van der Waals surface area contributed by atoms with E-state index in [1.165, 1.54) is 36.0 Å². The van der Waals surface area contributed by atoms with Crippen LogP contribution in [-0.4, -0.2) is 5.75 Å². The van der Waals surface area contributed by atoms with Crippen LogP contribution in [0.1, 0.15) is 11.8 Å². The van der Waals surface area contributed by atoms with E-state index < -0.39 is 0 Å². The topological polar surface area (TPSA) is 39.2 Å². The van der Waals surface area contributed by atoms with Crippen LogP contribution in [0.15, 0.2) is 57.8 Å². The summed E-state index contributed by atoms with van der Waals surface area (Å²) in [5, 5.41) is 0.691. The molecule has 1 unspecified atom stereocenters. The summed E-state index contributed by atoms with van der Waals surface area (Å²) < 4.78 is 31.9. The number of furan rings is 1. The van der Waals surface area contributed by atoms with Crippen LogP contribution in [0.5, 0.6) is 0 Å². The molecule has 3 rings (SSSR count). The number of hydrogen-bond donors (Lipinski definition) is 1. The Morgan fingerprint density at radius 3 is 2.67 bits per heavy atom. The lowest BCUT2D eigenvalue weighted by Crippen LogP contribution is -2.11. The van der Waals surface area contributed by atoms with E-state index >= 15 is 0 Å². The number of rotatable bonds is 4. The summed E-state index contributed by atoms with van der Waals surface area (Å²) in [7, 11) is 0. The Kier molecular flexibility index (Phi) is 3.94. The molecule has 0 aliphatic rings. The van der Waals surface area contributed by atoms with Gasteiger partial charge in [0.2, 0.25) is 0 Å². The fourth-order valence-electron chi connectivity index (χ4n) is 2.04. The monoisotopic (exact) mass is 305 g/mol. The van der Waals surface area contributed by atoms with Crippen LogP contribution in [0, 0.1) is 11.6 Å². The maximum absolute atomic E-state index is 13.1. The summed E-state index contributed by atoms with van der Waals surface area (Å²) in [5.74, 6) is 0.566. The van der Waals surface area contributed by atoms with E-state index in [2.05, 4.69) is 0 Å². The van der Waals surface area contributed by atoms with Crippen molar-refractivity contribution in [2.75, 3.05) is 5.75 Å². The van der Waals surface area contributed by atoms with Crippen LogP contribution in [0.3, 0.4) is 0 Å². The molecule has 0 fully saturated rings. The second-order valence-corrected chi connectivity index (χ2v) is 5.80. The molecule has 2 nitrogen and oxygen atoms in total. The fraction of sp³-hybridized carbons (Fsp3) is 0.125. The molecule has 5 heteroatoms. The Balaban J connectivity index is 1.73. The van der Waals surface area contributed by atoms with Crippen LogP contribution in [0.4, 0.5) is 8.78 Å². The van der Waals surface area contributed by atoms with Gasteiger partial charge < -0.3 is 10.2 Å². The first-order valence-corrected chi connectivity index (χ1v) is 7.43. The van der Waals surface area contributed by atoms with Crippen LogP contribution < -0.4 is 5.73 Å². The van der Waals surface area contributed by atoms with E-state index in [0.29, 0.717) is 22.5 Å². The zero-order valence-electron chi connectivity index (χ0n) is 11.1. The van der Waals surface area contributed by atoms with Gasteiger partial charge in [0.25, 0.3) is 0 Å². The summed E-state index contributed by atoms with van der Waals surface area (Å²) in [6.07, 6.45) is 0. The smallest absolute Gasteiger partial charge is 0.134 e. The highest BCUT2D eigenvalue weighted by molar-refractivity contribution is 7.99. The lowest BCUT2D eigenvalue weighted by molar-refractivity contribution is 0.515. The summed E-state index contributed by atoms with van der Waals surface area (Å²) in [5.41, 5.74) is 6.69. The molecule has 3 aromatic rings. The van der Waals surface area contributed by atoms with Crippen molar-refractivity contribution in [3.63, 3.8) is 0 Å². The molecule has 0 radical (unpaired) electrons. The van der Waals surface area contributed by atoms with Crippen molar-refractivity contribution in [3.05, 3.63) is 65.9 Å². The largest absolute Gasteiger partial charge is 0.459 e. The minimum absolute atomic E-state index is 0.271. The summed E-state index contributed by atoms with van der Waals surface area (Å²) in [6, 6.07) is 12.1. The molecule has 0 aliphatic carbocycles. The van der Waals surface area contributed by atoms with E-state index in [0.717, 1.165) is 4.90 Å². The first-order chi connectivity index (χ1) is 10.1. The highest BCUT2D eigenvalue weighted by atomic mass is 32.2. The molecule has 2 aromatic carbocycles. The summed E-state index contributed by atoms with van der Waals surface area (Å²) in [6.45, 7) is 0. The van der Waals surface area contributed by atoms with Gasteiger partial charge in [0, 0.05) is 16.0 Å². The standard InChI is InChI=1S/C16H13F2NOS/c17-11-2-1-3-13(8-11)21-9-14(19)16-7-10-6-12(18)4-5-15(10)20-16/h1-8,14H,9,19H2. The minimum Gasteiger partial charge on any atom is -0.459 e. The second kappa shape index (κ2) is 5.87. The number of halogens is 2. The van der Waals surface area contributed by atoms with Crippen LogP contribution in [-0.2, 0) is 0 Å². The highest BCUT2D eigenvalue weighted by Gasteiger charge is 2.13. The predicted octanol–water partition coefficient (Wildman–Crippen LogP) is 4.50. The molecular weight excluding hydrogens is 292 g/mol. The fourth-order valence-corrected chi connectivity index (χ4v) is 2.95. The lowest BCUT2D eigenvalue weighted by atomic mass is 10.2. The number of benzene rings is 2. The Morgan fingerprint density at radius 1 is 1.05 bits per heavy atom. The van der Waals surface area contributed by atoms with Crippen molar-refractivity contribution in [3.8, 4) is 0 Å². The van der Waals surface area contributed by atoms with Crippen molar-refractivity contribution in [1.29, 1.82) is 0 Å². The average molecular weight is 305 g/mol. The molecule has 0 bridgehead atoms. The van der Waals surface area contributed by atoms with E-state index in [9.17, 15) is 8.78 Å². The van der Waals surface area contributed by atoms with Gasteiger partial charge in [-0.15, -0.1) is 11.8 Å². The number of thioether (sulfide) groups is 1. The van der Waals surface area contributed by atoms with Gasteiger partial charge >= 0.3 is 0 Å². The maximum Gasteiger partial charge on any atom is 0.134 e. The van der Waals surface area contributed by atoms with Crippen molar-refractivity contribution >= 4 is 22.7 Å². The summed E-state index contributed by atoms with van der Waals surface area (Å²) in [4.78, 5) is 0.813. The van der Waals surface area contributed by atoms with Gasteiger partial charge in [0.15, 0.2) is 0 Å². The molecule has 1 atom stereocenters. The SMILES string of the molecule is NC(CSc1cccc(F)c1)c1cc2cc(F)ccc2o1. The van der Waals surface area contributed by atoms with Crippen molar-refractivity contribution < 1.29 is 13.2 Å². The minimum atomic E-state index is -0.339. The summed E-state index contributed by atoms with van der Waals surface area (Å²) >= 11 is 1.45. The zero-order valence-corrected chi connectivity index (χ0v) is 11.9. The molecule has 108 valence electrons. The van der Waals surface area contributed by atoms with Crippen molar-refractivity contribution in [2.45, 2.75) is 10.9 Å².